The minimum absolute atomic E-state index is 0.117. The van der Waals surface area contributed by atoms with Gasteiger partial charge < -0.3 is 19.5 Å². The van der Waals surface area contributed by atoms with E-state index in [-0.39, 0.29) is 11.9 Å². The highest BCUT2D eigenvalue weighted by molar-refractivity contribution is 5.93. The van der Waals surface area contributed by atoms with E-state index in [4.69, 9.17) is 9.26 Å². The number of hydrogen-bond donors (Lipinski definition) is 1. The number of hydrogen-bond acceptors (Lipinski definition) is 5. The van der Waals surface area contributed by atoms with Gasteiger partial charge in [0.1, 0.15) is 0 Å². The summed E-state index contributed by atoms with van der Waals surface area (Å²) in [4.78, 5) is 14.4. The first-order valence-electron chi connectivity index (χ1n) is 8.43. The van der Waals surface area contributed by atoms with Gasteiger partial charge in [-0.2, -0.15) is 0 Å². The van der Waals surface area contributed by atoms with Crippen molar-refractivity contribution in [3.8, 4) is 0 Å². The van der Waals surface area contributed by atoms with E-state index < -0.39 is 0 Å². The summed E-state index contributed by atoms with van der Waals surface area (Å²) in [5.41, 5.74) is 0.378. The van der Waals surface area contributed by atoms with Crippen LogP contribution in [0.1, 0.15) is 55.4 Å². The van der Waals surface area contributed by atoms with Gasteiger partial charge in [0.25, 0.3) is 5.91 Å². The average molecular weight is 307 g/mol. The number of nitrogens with one attached hydrogen (secondary N) is 1. The lowest BCUT2D eigenvalue weighted by Gasteiger charge is -2.25. The first-order chi connectivity index (χ1) is 10.8. The van der Waals surface area contributed by atoms with E-state index in [9.17, 15) is 4.79 Å². The molecule has 2 aliphatic rings. The number of ether oxygens (including phenoxy) is 1. The summed E-state index contributed by atoms with van der Waals surface area (Å²) in [6.07, 6.45) is 8.41. The summed E-state index contributed by atoms with van der Waals surface area (Å²) < 4.78 is 10.6. The van der Waals surface area contributed by atoms with Gasteiger partial charge in [0.2, 0.25) is 5.88 Å². The summed E-state index contributed by atoms with van der Waals surface area (Å²) in [6.45, 7) is 2.92. The smallest absolute Gasteiger partial charge is 0.273 e. The normalized spacial score (nSPS) is 21.2. The van der Waals surface area contributed by atoms with Gasteiger partial charge in [-0.05, 0) is 12.8 Å². The second kappa shape index (κ2) is 7.63. The maximum atomic E-state index is 12.3. The number of anilines is 1. The van der Waals surface area contributed by atoms with Crippen molar-refractivity contribution in [2.75, 3.05) is 31.2 Å². The van der Waals surface area contributed by atoms with Crippen LogP contribution in [0.25, 0.3) is 0 Å². The molecule has 0 spiro atoms. The van der Waals surface area contributed by atoms with Crippen LogP contribution in [0.2, 0.25) is 0 Å². The molecule has 2 heterocycles. The molecule has 0 atom stereocenters. The Balaban J connectivity index is 1.56. The Morgan fingerprint density at radius 1 is 1.14 bits per heavy atom. The van der Waals surface area contributed by atoms with Crippen molar-refractivity contribution in [2.45, 2.75) is 51.0 Å². The molecule has 0 unspecified atom stereocenters. The minimum Gasteiger partial charge on any atom is -0.378 e. The highest BCUT2D eigenvalue weighted by Crippen LogP contribution is 2.19. The van der Waals surface area contributed by atoms with Gasteiger partial charge in [0, 0.05) is 25.2 Å². The van der Waals surface area contributed by atoms with Gasteiger partial charge in [-0.25, -0.2) is 0 Å². The van der Waals surface area contributed by atoms with Crippen LogP contribution in [0.15, 0.2) is 10.6 Å². The van der Waals surface area contributed by atoms with Gasteiger partial charge >= 0.3 is 0 Å². The Kier molecular flexibility index (Phi) is 5.32. The molecule has 22 heavy (non-hydrogen) atoms. The number of carbonyl (C=O) groups is 1. The molecule has 0 radical (unpaired) electrons. The van der Waals surface area contributed by atoms with Crippen LogP contribution in [-0.2, 0) is 4.74 Å². The quantitative estimate of drug-likeness (QED) is 0.928. The zero-order chi connectivity index (χ0) is 15.2. The van der Waals surface area contributed by atoms with E-state index in [0.717, 1.165) is 25.9 Å². The van der Waals surface area contributed by atoms with Gasteiger partial charge in [-0.1, -0.05) is 37.3 Å². The van der Waals surface area contributed by atoms with E-state index in [2.05, 4.69) is 15.4 Å². The molecule has 3 rings (SSSR count). The first-order valence-corrected chi connectivity index (χ1v) is 8.43. The van der Waals surface area contributed by atoms with Gasteiger partial charge in [-0.3, -0.25) is 4.79 Å². The predicted octanol–water partition coefficient (Wildman–Crippen LogP) is 2.35. The summed E-state index contributed by atoms with van der Waals surface area (Å²) in [7, 11) is 0. The van der Waals surface area contributed by atoms with Crippen LogP contribution >= 0.6 is 0 Å². The first kappa shape index (κ1) is 15.3. The molecule has 1 aromatic heterocycles. The van der Waals surface area contributed by atoms with E-state index in [1.807, 2.05) is 0 Å². The monoisotopic (exact) mass is 307 g/mol. The van der Waals surface area contributed by atoms with Crippen LogP contribution in [0, 0.1) is 0 Å². The number of rotatable bonds is 3. The van der Waals surface area contributed by atoms with Crippen LogP contribution in [0.3, 0.4) is 0 Å². The second-order valence-corrected chi connectivity index (χ2v) is 6.17. The highest BCUT2D eigenvalue weighted by atomic mass is 16.5. The minimum atomic E-state index is -0.117. The lowest BCUT2D eigenvalue weighted by Crippen LogP contribution is -2.36. The molecular weight excluding hydrogens is 282 g/mol. The highest BCUT2D eigenvalue weighted by Gasteiger charge is 2.21. The maximum absolute atomic E-state index is 12.3. The summed E-state index contributed by atoms with van der Waals surface area (Å²) in [5, 5.41) is 7.04. The molecule has 1 saturated carbocycles. The van der Waals surface area contributed by atoms with Crippen molar-refractivity contribution in [3.05, 3.63) is 11.8 Å². The standard InChI is InChI=1S/C16H25N3O3/c20-16(17-13-6-4-2-1-3-5-7-13)14-12-15(22-18-14)19-8-10-21-11-9-19/h12-13H,1-11H2,(H,17,20). The average Bonchev–Trinajstić information content (AvgIpc) is 3.01. The van der Waals surface area contributed by atoms with E-state index >= 15 is 0 Å². The fourth-order valence-corrected chi connectivity index (χ4v) is 3.17. The van der Waals surface area contributed by atoms with Crippen LogP contribution in [0.5, 0.6) is 0 Å². The molecule has 1 N–H and O–H groups in total. The third kappa shape index (κ3) is 4.00. The van der Waals surface area contributed by atoms with Crippen LogP contribution < -0.4 is 10.2 Å². The van der Waals surface area contributed by atoms with Crippen molar-refractivity contribution in [1.29, 1.82) is 0 Å². The Hall–Kier alpha value is -1.56. The number of aromatic nitrogens is 1. The topological polar surface area (TPSA) is 67.6 Å². The van der Waals surface area contributed by atoms with Gasteiger partial charge in [-0.15, -0.1) is 0 Å². The fraction of sp³-hybridized carbons (Fsp3) is 0.750. The summed E-state index contributed by atoms with van der Waals surface area (Å²) in [6, 6.07) is 2.01. The Morgan fingerprint density at radius 2 is 1.82 bits per heavy atom. The van der Waals surface area contributed by atoms with E-state index in [0.29, 0.717) is 24.8 Å². The molecular formula is C16H25N3O3. The molecule has 122 valence electrons. The second-order valence-electron chi connectivity index (χ2n) is 6.17. The maximum Gasteiger partial charge on any atom is 0.273 e. The zero-order valence-electron chi connectivity index (χ0n) is 13.1. The lowest BCUT2D eigenvalue weighted by atomic mass is 9.96. The van der Waals surface area contributed by atoms with Crippen LogP contribution in [0.4, 0.5) is 5.88 Å². The van der Waals surface area contributed by atoms with Crippen molar-refractivity contribution in [3.63, 3.8) is 0 Å². The van der Waals surface area contributed by atoms with Crippen LogP contribution in [-0.4, -0.2) is 43.4 Å². The van der Waals surface area contributed by atoms with Gasteiger partial charge in [0.15, 0.2) is 5.69 Å². The van der Waals surface area contributed by atoms with Crippen molar-refractivity contribution in [1.82, 2.24) is 10.5 Å². The molecule has 6 heteroatoms. The van der Waals surface area contributed by atoms with Crippen molar-refractivity contribution < 1.29 is 14.1 Å². The Morgan fingerprint density at radius 3 is 2.55 bits per heavy atom. The molecule has 1 aromatic rings. The third-order valence-electron chi connectivity index (χ3n) is 4.49. The number of morpholine rings is 1. The molecule has 2 fully saturated rings. The molecule has 1 aliphatic carbocycles. The number of nitrogens with zero attached hydrogens (tertiary/aromatic N) is 2. The number of amides is 1. The lowest BCUT2D eigenvalue weighted by molar-refractivity contribution is 0.0921. The van der Waals surface area contributed by atoms with E-state index in [1.165, 1.54) is 32.1 Å². The van der Waals surface area contributed by atoms with E-state index in [1.54, 1.807) is 6.07 Å². The van der Waals surface area contributed by atoms with Gasteiger partial charge in [0.05, 0.1) is 13.2 Å². The molecule has 1 aliphatic heterocycles. The Bertz CT molecular complexity index is 475. The molecule has 1 saturated heterocycles. The van der Waals surface area contributed by atoms with Crippen molar-refractivity contribution in [2.24, 2.45) is 0 Å². The molecule has 0 bridgehead atoms. The SMILES string of the molecule is O=C(NC1CCCCCCC1)c1cc(N2CCOCC2)on1. The zero-order valence-corrected chi connectivity index (χ0v) is 13.1. The summed E-state index contributed by atoms with van der Waals surface area (Å²) >= 11 is 0. The molecule has 0 aromatic carbocycles. The molecule has 1 amide bonds. The molecule has 6 nitrogen and oxygen atoms in total. The summed E-state index contributed by atoms with van der Waals surface area (Å²) in [5.74, 6) is 0.542. The predicted molar refractivity (Wildman–Crippen MR) is 83.1 cm³/mol. The van der Waals surface area contributed by atoms with Crippen molar-refractivity contribution >= 4 is 11.8 Å². The third-order valence-corrected chi connectivity index (χ3v) is 4.49. The number of carbonyl (C=O) groups excluding carboxylic acids is 1. The Labute approximate surface area is 131 Å². The fourth-order valence-electron chi connectivity index (χ4n) is 3.17. The largest absolute Gasteiger partial charge is 0.378 e.